The van der Waals surface area contributed by atoms with Gasteiger partial charge in [0.2, 0.25) is 11.8 Å². The van der Waals surface area contributed by atoms with Crippen molar-refractivity contribution in [3.8, 4) is 0 Å². The molecule has 6 nitrogen and oxygen atoms in total. The van der Waals surface area contributed by atoms with Crippen molar-refractivity contribution in [3.05, 3.63) is 18.3 Å². The number of nitrogen functional groups attached to an aromatic ring is 1. The largest absolute Gasteiger partial charge is 0.368 e. The number of fused-ring (bicyclic) bond motifs is 1. The third-order valence-electron chi connectivity index (χ3n) is 1.56. The first-order valence-corrected chi connectivity index (χ1v) is 3.57. The lowest BCUT2D eigenvalue weighted by Crippen LogP contribution is -1.95. The molecule has 0 radical (unpaired) electrons. The van der Waals surface area contributed by atoms with Gasteiger partial charge in [-0.05, 0) is 12.1 Å². The molecule has 2 aromatic rings. The number of pyridine rings is 1. The predicted octanol–water partition coefficient (Wildman–Crippen LogP) is 1.27. The number of nitrogens with zero attached hydrogens (tertiary/aromatic N) is 4. The monoisotopic (exact) mass is 174 g/mol. The van der Waals surface area contributed by atoms with Crippen LogP contribution in [0.15, 0.2) is 23.4 Å². The van der Waals surface area contributed by atoms with Crippen molar-refractivity contribution in [1.82, 2.24) is 15.0 Å². The summed E-state index contributed by atoms with van der Waals surface area (Å²) in [5.41, 5.74) is 13.4. The van der Waals surface area contributed by atoms with Crippen molar-refractivity contribution in [3.63, 3.8) is 0 Å². The van der Waals surface area contributed by atoms with E-state index in [1.54, 1.807) is 18.3 Å². The summed E-state index contributed by atoms with van der Waals surface area (Å²) in [5, 5.41) is 3.22. The molecule has 0 saturated carbocycles. The molecule has 2 rings (SSSR count). The first kappa shape index (κ1) is 7.53. The van der Waals surface area contributed by atoms with Crippen LogP contribution in [0.5, 0.6) is 0 Å². The van der Waals surface area contributed by atoms with Crippen LogP contribution < -0.4 is 5.73 Å². The van der Waals surface area contributed by atoms with Crippen molar-refractivity contribution in [2.45, 2.75) is 0 Å². The zero-order chi connectivity index (χ0) is 9.26. The van der Waals surface area contributed by atoms with Crippen molar-refractivity contribution in [2.75, 3.05) is 5.73 Å². The van der Waals surface area contributed by atoms with Gasteiger partial charge in [0.25, 0.3) is 0 Å². The highest BCUT2D eigenvalue weighted by atomic mass is 15.1. The van der Waals surface area contributed by atoms with Crippen molar-refractivity contribution in [1.29, 1.82) is 5.53 Å². The SMILES string of the molecule is N=Nc1nc(N)nc2cccnc12. The Morgan fingerprint density at radius 1 is 1.38 bits per heavy atom. The second-order valence-electron chi connectivity index (χ2n) is 2.39. The van der Waals surface area contributed by atoms with E-state index in [0.717, 1.165) is 0 Å². The van der Waals surface area contributed by atoms with Crippen LogP contribution in [-0.2, 0) is 0 Å². The molecular weight excluding hydrogens is 168 g/mol. The smallest absolute Gasteiger partial charge is 0.222 e. The Kier molecular flexibility index (Phi) is 1.59. The third kappa shape index (κ3) is 1.18. The topological polar surface area (TPSA) is 101 Å². The van der Waals surface area contributed by atoms with E-state index in [1.165, 1.54) is 0 Å². The number of hydrogen-bond donors (Lipinski definition) is 2. The van der Waals surface area contributed by atoms with Crippen molar-refractivity contribution < 1.29 is 0 Å². The van der Waals surface area contributed by atoms with E-state index in [2.05, 4.69) is 20.1 Å². The van der Waals surface area contributed by atoms with Crippen LogP contribution >= 0.6 is 0 Å². The Balaban J connectivity index is 2.89. The number of anilines is 1. The summed E-state index contributed by atoms with van der Waals surface area (Å²) in [5.74, 6) is 0.301. The average Bonchev–Trinajstić information content (AvgIpc) is 2.16. The summed E-state index contributed by atoms with van der Waals surface area (Å²) in [6.07, 6.45) is 1.59. The number of nitrogens with two attached hydrogens (primary N) is 1. The predicted molar refractivity (Wildman–Crippen MR) is 46.6 cm³/mol. The molecule has 0 amide bonds. The Morgan fingerprint density at radius 3 is 3.00 bits per heavy atom. The highest BCUT2D eigenvalue weighted by Crippen LogP contribution is 2.20. The van der Waals surface area contributed by atoms with E-state index in [1.807, 2.05) is 0 Å². The molecule has 0 spiro atoms. The van der Waals surface area contributed by atoms with Gasteiger partial charge in [-0.3, -0.25) is 4.98 Å². The lowest BCUT2D eigenvalue weighted by molar-refractivity contribution is 1.08. The van der Waals surface area contributed by atoms with E-state index in [0.29, 0.717) is 11.0 Å². The standard InChI is InChI=1S/C7H6N6/c8-7-11-4-2-1-3-10-5(4)6(12-7)13-9/h1-3,9H,(H2,8,11,12). The molecule has 0 atom stereocenters. The summed E-state index contributed by atoms with van der Waals surface area (Å²) >= 11 is 0. The molecule has 0 aromatic carbocycles. The molecule has 3 N–H and O–H groups in total. The second kappa shape index (κ2) is 2.74. The molecule has 0 unspecified atom stereocenters. The Labute approximate surface area is 73.3 Å². The van der Waals surface area contributed by atoms with E-state index in [-0.39, 0.29) is 11.8 Å². The minimum Gasteiger partial charge on any atom is -0.368 e. The number of nitrogens with one attached hydrogen (secondary N) is 1. The van der Waals surface area contributed by atoms with E-state index in [9.17, 15) is 0 Å². The highest BCUT2D eigenvalue weighted by Gasteiger charge is 2.04. The van der Waals surface area contributed by atoms with Gasteiger partial charge < -0.3 is 5.73 Å². The van der Waals surface area contributed by atoms with Crippen molar-refractivity contribution in [2.24, 2.45) is 5.11 Å². The van der Waals surface area contributed by atoms with Gasteiger partial charge in [0, 0.05) is 6.20 Å². The molecule has 0 aliphatic carbocycles. The molecule has 0 aliphatic heterocycles. The Morgan fingerprint density at radius 2 is 2.23 bits per heavy atom. The minimum absolute atomic E-state index is 0.103. The van der Waals surface area contributed by atoms with Crippen LogP contribution in [0.4, 0.5) is 11.8 Å². The molecule has 0 fully saturated rings. The maximum atomic E-state index is 6.86. The van der Waals surface area contributed by atoms with Crippen molar-refractivity contribution >= 4 is 22.8 Å². The van der Waals surface area contributed by atoms with Gasteiger partial charge in [0.1, 0.15) is 5.52 Å². The molecule has 13 heavy (non-hydrogen) atoms. The van der Waals surface area contributed by atoms with Crippen LogP contribution in [0.2, 0.25) is 0 Å². The molecule has 0 aliphatic rings. The molecule has 0 saturated heterocycles. The van der Waals surface area contributed by atoms with Gasteiger partial charge in [-0.1, -0.05) is 0 Å². The average molecular weight is 174 g/mol. The molecule has 2 heterocycles. The highest BCUT2D eigenvalue weighted by molar-refractivity contribution is 5.83. The first-order chi connectivity index (χ1) is 6.31. The summed E-state index contributed by atoms with van der Waals surface area (Å²) in [4.78, 5) is 11.7. The molecule has 64 valence electrons. The van der Waals surface area contributed by atoms with Crippen LogP contribution in [0.1, 0.15) is 0 Å². The van der Waals surface area contributed by atoms with Gasteiger partial charge in [-0.25, -0.2) is 10.5 Å². The zero-order valence-electron chi connectivity index (χ0n) is 6.60. The maximum Gasteiger partial charge on any atom is 0.222 e. The number of aromatic nitrogens is 3. The van der Waals surface area contributed by atoms with Gasteiger partial charge in [0.15, 0.2) is 0 Å². The molecule has 0 bridgehead atoms. The quantitative estimate of drug-likeness (QED) is 0.635. The maximum absolute atomic E-state index is 6.86. The third-order valence-corrected chi connectivity index (χ3v) is 1.56. The normalized spacial score (nSPS) is 10.2. The van der Waals surface area contributed by atoms with Crippen LogP contribution in [0.25, 0.3) is 11.0 Å². The van der Waals surface area contributed by atoms with Crippen LogP contribution in [-0.4, -0.2) is 15.0 Å². The molecule has 6 heteroatoms. The zero-order valence-corrected chi connectivity index (χ0v) is 6.60. The summed E-state index contributed by atoms with van der Waals surface area (Å²) in [6.45, 7) is 0. The summed E-state index contributed by atoms with van der Waals surface area (Å²) < 4.78 is 0. The van der Waals surface area contributed by atoms with E-state index >= 15 is 0 Å². The first-order valence-electron chi connectivity index (χ1n) is 3.57. The van der Waals surface area contributed by atoms with E-state index < -0.39 is 0 Å². The summed E-state index contributed by atoms with van der Waals surface area (Å²) in [6, 6.07) is 3.48. The molecule has 2 aromatic heterocycles. The fourth-order valence-electron chi connectivity index (χ4n) is 1.05. The van der Waals surface area contributed by atoms with Crippen LogP contribution in [0, 0.1) is 5.53 Å². The van der Waals surface area contributed by atoms with Gasteiger partial charge >= 0.3 is 0 Å². The van der Waals surface area contributed by atoms with Gasteiger partial charge in [-0.15, -0.1) is 5.11 Å². The fraction of sp³-hybridized carbons (Fsp3) is 0. The molecular formula is C7H6N6. The fourth-order valence-corrected chi connectivity index (χ4v) is 1.05. The number of rotatable bonds is 1. The van der Waals surface area contributed by atoms with Gasteiger partial charge in [0.05, 0.1) is 5.52 Å². The second-order valence-corrected chi connectivity index (χ2v) is 2.39. The number of hydrogen-bond acceptors (Lipinski definition) is 6. The minimum atomic E-state index is 0.103. The van der Waals surface area contributed by atoms with Crippen LogP contribution in [0.3, 0.4) is 0 Å². The lowest BCUT2D eigenvalue weighted by atomic mass is 10.3. The Bertz CT molecular complexity index is 465. The van der Waals surface area contributed by atoms with E-state index in [4.69, 9.17) is 11.3 Å². The van der Waals surface area contributed by atoms with Gasteiger partial charge in [-0.2, -0.15) is 4.98 Å². The lowest BCUT2D eigenvalue weighted by Gasteiger charge is -1.98. The Hall–Kier alpha value is -2.11. The summed E-state index contributed by atoms with van der Waals surface area (Å²) in [7, 11) is 0.